The molecule has 0 spiro atoms. The van der Waals surface area contributed by atoms with Crippen molar-refractivity contribution < 1.29 is 9.53 Å². The number of hydrogen-bond donors (Lipinski definition) is 0. The van der Waals surface area contributed by atoms with E-state index in [0.717, 1.165) is 24.1 Å². The van der Waals surface area contributed by atoms with E-state index < -0.39 is 0 Å². The van der Waals surface area contributed by atoms with Gasteiger partial charge < -0.3 is 4.74 Å². The Bertz CT molecular complexity index is 725. The van der Waals surface area contributed by atoms with E-state index in [1.54, 1.807) is 6.08 Å². The minimum absolute atomic E-state index is 0.379. The molecule has 2 aromatic rings. The van der Waals surface area contributed by atoms with Gasteiger partial charge in [0.25, 0.3) is 0 Å². The highest BCUT2D eigenvalue weighted by Crippen LogP contribution is 2.30. The average molecular weight is 309 g/mol. The standard InChI is InChI=1S/C20H23NO2/c1-6-14-10-9-11-15(7-2)19(14)17-12-13(4)18(20(22)23-5)16(8-3)21-17/h8-12H,3,6-7H2,1-2,4-5H3. The fraction of sp³-hybridized carbons (Fsp3) is 0.300. The number of esters is 1. The molecule has 0 aliphatic carbocycles. The van der Waals surface area contributed by atoms with E-state index in [9.17, 15) is 4.79 Å². The van der Waals surface area contributed by atoms with Crippen LogP contribution in [-0.4, -0.2) is 18.1 Å². The molecular weight excluding hydrogens is 286 g/mol. The van der Waals surface area contributed by atoms with Crippen LogP contribution in [0.4, 0.5) is 0 Å². The summed E-state index contributed by atoms with van der Waals surface area (Å²) >= 11 is 0. The highest BCUT2D eigenvalue weighted by atomic mass is 16.5. The first-order chi connectivity index (χ1) is 11.1. The Balaban J connectivity index is 2.74. The van der Waals surface area contributed by atoms with Gasteiger partial charge in [0.2, 0.25) is 0 Å². The van der Waals surface area contributed by atoms with Crippen molar-refractivity contribution in [2.45, 2.75) is 33.6 Å². The van der Waals surface area contributed by atoms with Gasteiger partial charge in [0, 0.05) is 5.56 Å². The van der Waals surface area contributed by atoms with E-state index in [1.807, 2.05) is 13.0 Å². The molecule has 0 amide bonds. The van der Waals surface area contributed by atoms with Gasteiger partial charge >= 0.3 is 5.97 Å². The summed E-state index contributed by atoms with van der Waals surface area (Å²) in [6, 6.07) is 8.32. The van der Waals surface area contributed by atoms with E-state index in [-0.39, 0.29) is 5.97 Å². The van der Waals surface area contributed by atoms with E-state index in [1.165, 1.54) is 23.8 Å². The third-order valence-electron chi connectivity index (χ3n) is 4.08. The molecule has 1 aromatic heterocycles. The summed E-state index contributed by atoms with van der Waals surface area (Å²) in [6.45, 7) is 9.99. The maximum absolute atomic E-state index is 12.0. The second-order valence-electron chi connectivity index (χ2n) is 5.44. The molecule has 0 N–H and O–H groups in total. The van der Waals surface area contributed by atoms with Gasteiger partial charge in [-0.3, -0.25) is 0 Å². The Morgan fingerprint density at radius 2 is 1.87 bits per heavy atom. The van der Waals surface area contributed by atoms with Gasteiger partial charge in [-0.2, -0.15) is 0 Å². The first-order valence-electron chi connectivity index (χ1n) is 7.90. The number of pyridine rings is 1. The van der Waals surface area contributed by atoms with E-state index in [4.69, 9.17) is 4.74 Å². The van der Waals surface area contributed by atoms with Crippen molar-refractivity contribution in [2.75, 3.05) is 7.11 Å². The smallest absolute Gasteiger partial charge is 0.340 e. The summed E-state index contributed by atoms with van der Waals surface area (Å²) < 4.78 is 4.87. The summed E-state index contributed by atoms with van der Waals surface area (Å²) in [4.78, 5) is 16.7. The fourth-order valence-corrected chi connectivity index (χ4v) is 2.91. The van der Waals surface area contributed by atoms with E-state index >= 15 is 0 Å². The molecule has 0 fully saturated rings. The van der Waals surface area contributed by atoms with Crippen LogP contribution in [-0.2, 0) is 17.6 Å². The van der Waals surface area contributed by atoms with Gasteiger partial charge in [-0.05, 0) is 48.6 Å². The second kappa shape index (κ2) is 7.23. The van der Waals surface area contributed by atoms with E-state index in [2.05, 4.69) is 43.6 Å². The number of aromatic nitrogens is 1. The quantitative estimate of drug-likeness (QED) is 0.757. The number of methoxy groups -OCH3 is 1. The number of hydrogen-bond acceptors (Lipinski definition) is 3. The molecule has 0 bridgehead atoms. The monoisotopic (exact) mass is 309 g/mol. The molecule has 3 heteroatoms. The summed E-state index contributed by atoms with van der Waals surface area (Å²) in [5.74, 6) is -0.379. The average Bonchev–Trinajstić information content (AvgIpc) is 2.59. The number of aryl methyl sites for hydroxylation is 3. The number of benzene rings is 1. The third kappa shape index (κ3) is 3.19. The van der Waals surface area contributed by atoms with Gasteiger partial charge in [0.1, 0.15) is 0 Å². The number of carbonyl (C=O) groups is 1. The zero-order valence-corrected chi connectivity index (χ0v) is 14.3. The Hall–Kier alpha value is -2.42. The van der Waals surface area contributed by atoms with Crippen molar-refractivity contribution in [1.29, 1.82) is 0 Å². The normalized spacial score (nSPS) is 10.4. The van der Waals surface area contributed by atoms with Crippen molar-refractivity contribution in [2.24, 2.45) is 0 Å². The Labute approximate surface area is 138 Å². The Morgan fingerprint density at radius 1 is 1.26 bits per heavy atom. The van der Waals surface area contributed by atoms with Crippen molar-refractivity contribution in [3.63, 3.8) is 0 Å². The van der Waals surface area contributed by atoms with Crippen LogP contribution in [0.5, 0.6) is 0 Å². The van der Waals surface area contributed by atoms with Crippen LogP contribution in [0.1, 0.15) is 46.6 Å². The van der Waals surface area contributed by atoms with Gasteiger partial charge in [-0.1, -0.05) is 38.6 Å². The van der Waals surface area contributed by atoms with Crippen LogP contribution < -0.4 is 0 Å². The molecule has 2 rings (SSSR count). The fourth-order valence-electron chi connectivity index (χ4n) is 2.91. The van der Waals surface area contributed by atoms with Crippen molar-refractivity contribution in [1.82, 2.24) is 4.98 Å². The van der Waals surface area contributed by atoms with Crippen molar-refractivity contribution in [3.8, 4) is 11.3 Å². The Kier molecular flexibility index (Phi) is 5.32. The molecule has 0 radical (unpaired) electrons. The molecular formula is C20H23NO2. The van der Waals surface area contributed by atoms with Gasteiger partial charge in [0.15, 0.2) is 0 Å². The predicted octanol–water partition coefficient (Wildman–Crippen LogP) is 4.61. The number of nitrogens with zero attached hydrogens (tertiary/aromatic N) is 1. The third-order valence-corrected chi connectivity index (χ3v) is 4.08. The first-order valence-corrected chi connectivity index (χ1v) is 7.90. The van der Waals surface area contributed by atoms with E-state index in [0.29, 0.717) is 11.3 Å². The molecule has 1 aromatic carbocycles. The van der Waals surface area contributed by atoms with Crippen LogP contribution >= 0.6 is 0 Å². The van der Waals surface area contributed by atoms with Crippen LogP contribution in [0.15, 0.2) is 30.8 Å². The maximum atomic E-state index is 12.0. The predicted molar refractivity (Wildman–Crippen MR) is 94.6 cm³/mol. The van der Waals surface area contributed by atoms with Gasteiger partial charge in [-0.25, -0.2) is 9.78 Å². The van der Waals surface area contributed by atoms with Crippen LogP contribution in [0.2, 0.25) is 0 Å². The lowest BCUT2D eigenvalue weighted by Gasteiger charge is -2.16. The highest BCUT2D eigenvalue weighted by Gasteiger charge is 2.18. The lowest BCUT2D eigenvalue weighted by molar-refractivity contribution is 0.0599. The minimum atomic E-state index is -0.379. The van der Waals surface area contributed by atoms with Gasteiger partial charge in [-0.15, -0.1) is 0 Å². The molecule has 120 valence electrons. The largest absolute Gasteiger partial charge is 0.465 e. The van der Waals surface area contributed by atoms with Crippen LogP contribution in [0.3, 0.4) is 0 Å². The van der Waals surface area contributed by atoms with Gasteiger partial charge in [0.05, 0.1) is 24.1 Å². The molecule has 0 atom stereocenters. The zero-order valence-electron chi connectivity index (χ0n) is 14.3. The molecule has 3 nitrogen and oxygen atoms in total. The molecule has 0 unspecified atom stereocenters. The molecule has 0 saturated carbocycles. The van der Waals surface area contributed by atoms with Crippen LogP contribution in [0.25, 0.3) is 17.3 Å². The Morgan fingerprint density at radius 3 is 2.35 bits per heavy atom. The molecule has 1 heterocycles. The lowest BCUT2D eigenvalue weighted by Crippen LogP contribution is -2.09. The first kappa shape index (κ1) is 16.9. The number of carbonyl (C=O) groups excluding carboxylic acids is 1. The SMILES string of the molecule is C=Cc1nc(-c2c(CC)cccc2CC)cc(C)c1C(=O)OC. The topological polar surface area (TPSA) is 39.2 Å². The summed E-state index contributed by atoms with van der Waals surface area (Å²) in [5.41, 5.74) is 6.48. The zero-order chi connectivity index (χ0) is 17.0. The highest BCUT2D eigenvalue weighted by molar-refractivity contribution is 5.95. The second-order valence-corrected chi connectivity index (χ2v) is 5.44. The number of rotatable bonds is 5. The lowest BCUT2D eigenvalue weighted by atomic mass is 9.93. The molecule has 0 saturated heterocycles. The van der Waals surface area contributed by atoms with Crippen molar-refractivity contribution in [3.05, 3.63) is 58.8 Å². The van der Waals surface area contributed by atoms with Crippen molar-refractivity contribution >= 4 is 12.0 Å². The maximum Gasteiger partial charge on any atom is 0.340 e. The summed E-state index contributed by atoms with van der Waals surface area (Å²) in [5, 5.41) is 0. The molecule has 0 aliphatic heterocycles. The molecule has 0 aliphatic rings. The summed E-state index contributed by atoms with van der Waals surface area (Å²) in [7, 11) is 1.38. The number of ether oxygens (including phenoxy) is 1. The molecule has 23 heavy (non-hydrogen) atoms. The summed E-state index contributed by atoms with van der Waals surface area (Å²) in [6.07, 6.45) is 3.49. The van der Waals surface area contributed by atoms with Crippen LogP contribution in [0, 0.1) is 6.92 Å². The minimum Gasteiger partial charge on any atom is -0.465 e.